The molecule has 0 saturated carbocycles. The van der Waals surface area contributed by atoms with Gasteiger partial charge in [0.15, 0.2) is 0 Å². The van der Waals surface area contributed by atoms with Crippen LogP contribution in [0.25, 0.3) is 10.8 Å². The van der Waals surface area contributed by atoms with Gasteiger partial charge in [-0.3, -0.25) is 0 Å². The summed E-state index contributed by atoms with van der Waals surface area (Å²) in [5.74, 6) is 0. The average Bonchev–Trinajstić information content (AvgIpc) is 2.32. The van der Waals surface area contributed by atoms with Crippen molar-refractivity contribution in [3.8, 4) is 0 Å². The van der Waals surface area contributed by atoms with E-state index in [2.05, 4.69) is 50.4 Å². The maximum Gasteiger partial charge on any atom is 0.0211 e. The highest BCUT2D eigenvalue weighted by molar-refractivity contribution is 5.92. The molecule has 0 aromatic heterocycles. The van der Waals surface area contributed by atoms with Crippen LogP contribution in [0.3, 0.4) is 0 Å². The number of rotatable bonds is 3. The highest BCUT2D eigenvalue weighted by Crippen LogP contribution is 2.28. The van der Waals surface area contributed by atoms with Crippen LogP contribution in [0.1, 0.15) is 29.2 Å². The predicted octanol–water partition coefficient (Wildman–Crippen LogP) is 3.74. The summed E-state index contributed by atoms with van der Waals surface area (Å²) in [7, 11) is 2.01. The molecule has 0 bridgehead atoms. The van der Waals surface area contributed by atoms with Crippen LogP contribution in [-0.4, -0.2) is 7.05 Å². The fourth-order valence-corrected chi connectivity index (χ4v) is 2.74. The smallest absolute Gasteiger partial charge is 0.0211 e. The quantitative estimate of drug-likeness (QED) is 0.842. The summed E-state index contributed by atoms with van der Waals surface area (Å²) in [5.41, 5.74) is 5.70. The molecule has 2 rings (SSSR count). The fraction of sp³-hybridized carbons (Fsp3) is 0.375. The second-order valence-corrected chi connectivity index (χ2v) is 4.71. The molecule has 1 heteroatoms. The SMILES string of the molecule is CCc1cc(C)c2c(C)cccc2c1CNC. The van der Waals surface area contributed by atoms with E-state index in [0.29, 0.717) is 0 Å². The first-order chi connectivity index (χ1) is 8.19. The number of fused-ring (bicyclic) bond motifs is 1. The molecule has 0 amide bonds. The summed E-state index contributed by atoms with van der Waals surface area (Å²) in [5, 5.41) is 6.13. The lowest BCUT2D eigenvalue weighted by Gasteiger charge is -2.15. The van der Waals surface area contributed by atoms with Crippen LogP contribution in [0.2, 0.25) is 0 Å². The lowest BCUT2D eigenvalue weighted by Crippen LogP contribution is -2.09. The van der Waals surface area contributed by atoms with Gasteiger partial charge >= 0.3 is 0 Å². The maximum absolute atomic E-state index is 3.29. The standard InChI is InChI=1S/C16H21N/c1-5-13-9-12(3)16-11(2)7-6-8-14(16)15(13)10-17-4/h6-9,17H,5,10H2,1-4H3. The molecule has 1 nitrogen and oxygen atoms in total. The summed E-state index contributed by atoms with van der Waals surface area (Å²) in [6.45, 7) is 7.60. The van der Waals surface area contributed by atoms with Gasteiger partial charge in [-0.05, 0) is 60.3 Å². The minimum atomic E-state index is 0.948. The Hall–Kier alpha value is -1.34. The van der Waals surface area contributed by atoms with Gasteiger partial charge in [-0.25, -0.2) is 0 Å². The Labute approximate surface area is 104 Å². The Kier molecular flexibility index (Phi) is 3.49. The Balaban J connectivity index is 2.83. The van der Waals surface area contributed by atoms with Crippen molar-refractivity contribution in [2.24, 2.45) is 0 Å². The van der Waals surface area contributed by atoms with Gasteiger partial charge < -0.3 is 5.32 Å². The monoisotopic (exact) mass is 227 g/mol. The van der Waals surface area contributed by atoms with Gasteiger partial charge in [0.1, 0.15) is 0 Å². The van der Waals surface area contributed by atoms with Crippen molar-refractivity contribution in [3.05, 3.63) is 46.5 Å². The summed E-state index contributed by atoms with van der Waals surface area (Å²) in [6.07, 6.45) is 1.10. The number of hydrogen-bond donors (Lipinski definition) is 1. The second-order valence-electron chi connectivity index (χ2n) is 4.71. The zero-order valence-corrected chi connectivity index (χ0v) is 11.2. The van der Waals surface area contributed by atoms with Gasteiger partial charge in [0.05, 0.1) is 0 Å². The van der Waals surface area contributed by atoms with Gasteiger partial charge in [0.25, 0.3) is 0 Å². The molecule has 0 saturated heterocycles. The van der Waals surface area contributed by atoms with E-state index in [4.69, 9.17) is 0 Å². The second kappa shape index (κ2) is 4.89. The lowest BCUT2D eigenvalue weighted by molar-refractivity contribution is 0.812. The molecule has 0 aliphatic carbocycles. The number of benzene rings is 2. The van der Waals surface area contributed by atoms with Crippen molar-refractivity contribution in [1.82, 2.24) is 5.32 Å². The summed E-state index contributed by atoms with van der Waals surface area (Å²) in [6, 6.07) is 8.96. The van der Waals surface area contributed by atoms with E-state index in [1.54, 1.807) is 0 Å². The molecule has 17 heavy (non-hydrogen) atoms. The summed E-state index contributed by atoms with van der Waals surface area (Å²) < 4.78 is 0. The largest absolute Gasteiger partial charge is 0.316 e. The fourth-order valence-electron chi connectivity index (χ4n) is 2.74. The third-order valence-electron chi connectivity index (χ3n) is 3.51. The first-order valence-electron chi connectivity index (χ1n) is 6.34. The van der Waals surface area contributed by atoms with Crippen molar-refractivity contribution in [2.45, 2.75) is 33.7 Å². The first-order valence-corrected chi connectivity index (χ1v) is 6.34. The molecular formula is C16H21N. The Morgan fingerprint density at radius 3 is 2.53 bits per heavy atom. The molecule has 0 aliphatic rings. The zero-order chi connectivity index (χ0) is 12.4. The number of hydrogen-bond acceptors (Lipinski definition) is 1. The molecule has 2 aromatic carbocycles. The molecule has 0 unspecified atom stereocenters. The van der Waals surface area contributed by atoms with E-state index in [1.165, 1.54) is 33.0 Å². The average molecular weight is 227 g/mol. The first kappa shape index (κ1) is 12.1. The van der Waals surface area contributed by atoms with Gasteiger partial charge in [-0.2, -0.15) is 0 Å². The van der Waals surface area contributed by atoms with Gasteiger partial charge in [-0.1, -0.05) is 31.2 Å². The highest BCUT2D eigenvalue weighted by Gasteiger charge is 2.09. The van der Waals surface area contributed by atoms with E-state index in [9.17, 15) is 0 Å². The topological polar surface area (TPSA) is 12.0 Å². The van der Waals surface area contributed by atoms with Gasteiger partial charge in [0.2, 0.25) is 0 Å². The van der Waals surface area contributed by atoms with Crippen molar-refractivity contribution < 1.29 is 0 Å². The molecule has 2 aromatic rings. The van der Waals surface area contributed by atoms with Crippen molar-refractivity contribution in [1.29, 1.82) is 0 Å². The highest BCUT2D eigenvalue weighted by atomic mass is 14.8. The third kappa shape index (κ3) is 2.07. The van der Waals surface area contributed by atoms with E-state index in [-0.39, 0.29) is 0 Å². The molecule has 0 aliphatic heterocycles. The van der Waals surface area contributed by atoms with Crippen LogP contribution in [0.5, 0.6) is 0 Å². The van der Waals surface area contributed by atoms with Crippen LogP contribution in [0.4, 0.5) is 0 Å². The van der Waals surface area contributed by atoms with Gasteiger partial charge in [0, 0.05) is 6.54 Å². The van der Waals surface area contributed by atoms with Crippen molar-refractivity contribution in [3.63, 3.8) is 0 Å². The lowest BCUT2D eigenvalue weighted by atomic mass is 9.91. The van der Waals surface area contributed by atoms with Crippen LogP contribution in [0.15, 0.2) is 24.3 Å². The van der Waals surface area contributed by atoms with Crippen molar-refractivity contribution >= 4 is 10.8 Å². The molecule has 1 N–H and O–H groups in total. The molecule has 0 fully saturated rings. The van der Waals surface area contributed by atoms with E-state index >= 15 is 0 Å². The van der Waals surface area contributed by atoms with Crippen LogP contribution in [0, 0.1) is 13.8 Å². The molecule has 90 valence electrons. The molecule has 0 spiro atoms. The molecule has 0 heterocycles. The molecule has 0 radical (unpaired) electrons. The Morgan fingerprint density at radius 2 is 1.88 bits per heavy atom. The van der Waals surface area contributed by atoms with E-state index in [0.717, 1.165) is 13.0 Å². The molecular weight excluding hydrogens is 206 g/mol. The molecule has 0 atom stereocenters. The zero-order valence-electron chi connectivity index (χ0n) is 11.2. The van der Waals surface area contributed by atoms with Crippen molar-refractivity contribution in [2.75, 3.05) is 7.05 Å². The van der Waals surface area contributed by atoms with Crippen LogP contribution in [-0.2, 0) is 13.0 Å². The summed E-state index contributed by atoms with van der Waals surface area (Å²) in [4.78, 5) is 0. The number of aryl methyl sites for hydroxylation is 3. The predicted molar refractivity (Wildman–Crippen MR) is 75.6 cm³/mol. The Morgan fingerprint density at radius 1 is 1.12 bits per heavy atom. The minimum Gasteiger partial charge on any atom is -0.316 e. The van der Waals surface area contributed by atoms with E-state index in [1.807, 2.05) is 7.05 Å². The van der Waals surface area contributed by atoms with Crippen LogP contribution < -0.4 is 5.32 Å². The summed E-state index contributed by atoms with van der Waals surface area (Å²) >= 11 is 0. The normalized spacial score (nSPS) is 11.1. The third-order valence-corrected chi connectivity index (χ3v) is 3.51. The van der Waals surface area contributed by atoms with Gasteiger partial charge in [-0.15, -0.1) is 0 Å². The van der Waals surface area contributed by atoms with Crippen LogP contribution >= 0.6 is 0 Å². The number of nitrogens with one attached hydrogen (secondary N) is 1. The maximum atomic E-state index is 3.29. The Bertz CT molecular complexity index is 541. The van der Waals surface area contributed by atoms with E-state index < -0.39 is 0 Å². The minimum absolute atomic E-state index is 0.948.